The summed E-state index contributed by atoms with van der Waals surface area (Å²) in [4.78, 5) is 6.63. The molecule has 0 bridgehead atoms. The van der Waals surface area contributed by atoms with Crippen LogP contribution in [0.3, 0.4) is 0 Å². The van der Waals surface area contributed by atoms with Crippen molar-refractivity contribution in [3.63, 3.8) is 0 Å². The molecule has 1 aromatic rings. The third-order valence-corrected chi connectivity index (χ3v) is 3.98. The van der Waals surface area contributed by atoms with Gasteiger partial charge in [0.25, 0.3) is 0 Å². The first-order chi connectivity index (χ1) is 8.33. The Morgan fingerprint density at radius 1 is 1.35 bits per heavy atom. The van der Waals surface area contributed by atoms with Crippen molar-refractivity contribution in [2.24, 2.45) is 5.92 Å². The molecule has 3 nitrogen and oxygen atoms in total. The second-order valence-corrected chi connectivity index (χ2v) is 5.43. The van der Waals surface area contributed by atoms with Crippen molar-refractivity contribution >= 4 is 0 Å². The van der Waals surface area contributed by atoms with Crippen molar-refractivity contribution in [1.29, 1.82) is 0 Å². The van der Waals surface area contributed by atoms with E-state index >= 15 is 0 Å². The molecule has 1 saturated heterocycles. The van der Waals surface area contributed by atoms with Gasteiger partial charge in [0.15, 0.2) is 0 Å². The average molecular weight is 232 g/mol. The average Bonchev–Trinajstić information content (AvgIpc) is 3.10. The van der Waals surface area contributed by atoms with Gasteiger partial charge in [-0.2, -0.15) is 0 Å². The number of rotatable bonds is 4. The molecular formula is C14H20N2O. The Balaban J connectivity index is 1.66. The maximum atomic E-state index is 10.1. The van der Waals surface area contributed by atoms with Crippen molar-refractivity contribution in [3.05, 3.63) is 30.1 Å². The maximum Gasteiger partial charge on any atom is 0.0710 e. The quantitative estimate of drug-likeness (QED) is 0.854. The van der Waals surface area contributed by atoms with Gasteiger partial charge in [0, 0.05) is 31.5 Å². The van der Waals surface area contributed by atoms with E-state index in [0.717, 1.165) is 25.3 Å². The standard InChI is InChI=1S/C14H20N2O/c17-14-5-7-16(10-11-3-4-11)13(14)8-12-2-1-6-15-9-12/h1-2,6,9,11,13-14,17H,3-5,7-8,10H2/t13-,14-/m0/s1. The molecule has 2 fully saturated rings. The minimum Gasteiger partial charge on any atom is -0.391 e. The van der Waals surface area contributed by atoms with E-state index in [-0.39, 0.29) is 6.10 Å². The number of hydrogen-bond acceptors (Lipinski definition) is 3. The second-order valence-electron chi connectivity index (χ2n) is 5.43. The van der Waals surface area contributed by atoms with Gasteiger partial charge in [0.05, 0.1) is 6.10 Å². The van der Waals surface area contributed by atoms with Gasteiger partial charge in [-0.1, -0.05) is 6.07 Å². The maximum absolute atomic E-state index is 10.1. The van der Waals surface area contributed by atoms with Crippen LogP contribution in [0, 0.1) is 5.92 Å². The second kappa shape index (κ2) is 4.75. The molecule has 1 aromatic heterocycles. The van der Waals surface area contributed by atoms with Crippen molar-refractivity contribution in [2.75, 3.05) is 13.1 Å². The molecule has 3 rings (SSSR count). The van der Waals surface area contributed by atoms with E-state index in [1.165, 1.54) is 24.9 Å². The molecule has 92 valence electrons. The molecule has 3 heteroatoms. The summed E-state index contributed by atoms with van der Waals surface area (Å²) in [7, 11) is 0. The molecule has 1 aliphatic carbocycles. The third kappa shape index (κ3) is 2.67. The molecule has 17 heavy (non-hydrogen) atoms. The summed E-state index contributed by atoms with van der Waals surface area (Å²) in [5, 5.41) is 10.1. The van der Waals surface area contributed by atoms with Crippen molar-refractivity contribution in [1.82, 2.24) is 9.88 Å². The molecule has 2 heterocycles. The fourth-order valence-corrected chi connectivity index (χ4v) is 2.78. The summed E-state index contributed by atoms with van der Waals surface area (Å²) < 4.78 is 0. The highest BCUT2D eigenvalue weighted by Crippen LogP contribution is 2.33. The lowest BCUT2D eigenvalue weighted by molar-refractivity contribution is 0.113. The summed E-state index contributed by atoms with van der Waals surface area (Å²) in [5.74, 6) is 0.900. The Morgan fingerprint density at radius 2 is 2.24 bits per heavy atom. The lowest BCUT2D eigenvalue weighted by Crippen LogP contribution is -2.38. The van der Waals surface area contributed by atoms with Crippen LogP contribution in [0.2, 0.25) is 0 Å². The number of aliphatic hydroxyl groups excluding tert-OH is 1. The summed E-state index contributed by atoms with van der Waals surface area (Å²) in [6, 6.07) is 4.38. The number of aromatic nitrogens is 1. The summed E-state index contributed by atoms with van der Waals surface area (Å²) in [5.41, 5.74) is 1.24. The van der Waals surface area contributed by atoms with E-state index in [0.29, 0.717) is 6.04 Å². The molecule has 0 radical (unpaired) electrons. The van der Waals surface area contributed by atoms with Gasteiger partial charge in [-0.3, -0.25) is 9.88 Å². The van der Waals surface area contributed by atoms with E-state index in [4.69, 9.17) is 0 Å². The number of aliphatic hydroxyl groups is 1. The van der Waals surface area contributed by atoms with Gasteiger partial charge < -0.3 is 5.11 Å². The highest BCUT2D eigenvalue weighted by atomic mass is 16.3. The Morgan fingerprint density at radius 3 is 2.94 bits per heavy atom. The van der Waals surface area contributed by atoms with Gasteiger partial charge in [-0.15, -0.1) is 0 Å². The zero-order valence-electron chi connectivity index (χ0n) is 10.1. The largest absolute Gasteiger partial charge is 0.391 e. The van der Waals surface area contributed by atoms with E-state index < -0.39 is 0 Å². The normalized spacial score (nSPS) is 29.7. The SMILES string of the molecule is O[C@H]1CCN(CC2CC2)[C@H]1Cc1cccnc1. The zero-order chi connectivity index (χ0) is 11.7. The molecule has 0 aromatic carbocycles. The first-order valence-electron chi connectivity index (χ1n) is 6.64. The van der Waals surface area contributed by atoms with Gasteiger partial charge in [0.2, 0.25) is 0 Å². The van der Waals surface area contributed by atoms with Crippen molar-refractivity contribution in [3.8, 4) is 0 Å². The summed E-state index contributed by atoms with van der Waals surface area (Å²) in [6.07, 6.45) is 8.18. The van der Waals surface area contributed by atoms with Crippen molar-refractivity contribution in [2.45, 2.75) is 37.8 Å². The van der Waals surface area contributed by atoms with Crippen LogP contribution in [-0.2, 0) is 6.42 Å². The first-order valence-corrected chi connectivity index (χ1v) is 6.64. The monoisotopic (exact) mass is 232 g/mol. The first kappa shape index (κ1) is 11.2. The van der Waals surface area contributed by atoms with Gasteiger partial charge >= 0.3 is 0 Å². The molecule has 0 amide bonds. The summed E-state index contributed by atoms with van der Waals surface area (Å²) >= 11 is 0. The molecule has 2 aliphatic rings. The topological polar surface area (TPSA) is 36.4 Å². The number of nitrogens with zero attached hydrogens (tertiary/aromatic N) is 2. The molecule has 1 aliphatic heterocycles. The van der Waals surface area contributed by atoms with Crippen LogP contribution >= 0.6 is 0 Å². The van der Waals surface area contributed by atoms with Crippen LogP contribution in [-0.4, -0.2) is 40.2 Å². The highest BCUT2D eigenvalue weighted by Gasteiger charge is 2.36. The highest BCUT2D eigenvalue weighted by molar-refractivity contribution is 5.12. The molecule has 0 spiro atoms. The van der Waals surface area contributed by atoms with E-state index in [1.54, 1.807) is 6.20 Å². The predicted molar refractivity (Wildman–Crippen MR) is 66.6 cm³/mol. The van der Waals surface area contributed by atoms with Crippen molar-refractivity contribution < 1.29 is 5.11 Å². The van der Waals surface area contributed by atoms with Gasteiger partial charge in [-0.25, -0.2) is 0 Å². The van der Waals surface area contributed by atoms with E-state index in [9.17, 15) is 5.11 Å². The Hall–Kier alpha value is -0.930. The van der Waals surface area contributed by atoms with E-state index in [1.807, 2.05) is 12.3 Å². The number of hydrogen-bond donors (Lipinski definition) is 1. The minimum atomic E-state index is -0.158. The smallest absolute Gasteiger partial charge is 0.0710 e. The summed E-state index contributed by atoms with van der Waals surface area (Å²) in [6.45, 7) is 2.24. The van der Waals surface area contributed by atoms with Crippen LogP contribution in [0.15, 0.2) is 24.5 Å². The van der Waals surface area contributed by atoms with Crippen LogP contribution in [0.1, 0.15) is 24.8 Å². The molecule has 2 atom stereocenters. The lowest BCUT2D eigenvalue weighted by atomic mass is 10.0. The molecule has 0 unspecified atom stereocenters. The third-order valence-electron chi connectivity index (χ3n) is 3.98. The van der Waals surface area contributed by atoms with Crippen LogP contribution in [0.4, 0.5) is 0 Å². The number of likely N-dealkylation sites (tertiary alicyclic amines) is 1. The van der Waals surface area contributed by atoms with Crippen LogP contribution < -0.4 is 0 Å². The Kier molecular flexibility index (Phi) is 3.12. The van der Waals surface area contributed by atoms with Gasteiger partial charge in [-0.05, 0) is 43.2 Å². The molecule has 1 saturated carbocycles. The fourth-order valence-electron chi connectivity index (χ4n) is 2.78. The molecular weight excluding hydrogens is 212 g/mol. The van der Waals surface area contributed by atoms with E-state index in [2.05, 4.69) is 16.0 Å². The number of pyridine rings is 1. The predicted octanol–water partition coefficient (Wildman–Crippen LogP) is 1.47. The zero-order valence-corrected chi connectivity index (χ0v) is 10.1. The Bertz CT molecular complexity index is 364. The molecule has 1 N–H and O–H groups in total. The van der Waals surface area contributed by atoms with Crippen LogP contribution in [0.5, 0.6) is 0 Å². The Labute approximate surface area is 102 Å². The van der Waals surface area contributed by atoms with Gasteiger partial charge in [0.1, 0.15) is 0 Å². The lowest BCUT2D eigenvalue weighted by Gasteiger charge is -2.26. The fraction of sp³-hybridized carbons (Fsp3) is 0.643. The van der Waals surface area contributed by atoms with Crippen LogP contribution in [0.25, 0.3) is 0 Å². The minimum absolute atomic E-state index is 0.158.